The van der Waals surface area contributed by atoms with Crippen molar-refractivity contribution in [1.29, 1.82) is 0 Å². The Labute approximate surface area is 164 Å². The third kappa shape index (κ3) is 3.36. The summed E-state index contributed by atoms with van der Waals surface area (Å²) in [6.45, 7) is 2.64. The van der Waals surface area contributed by atoms with E-state index in [2.05, 4.69) is 4.99 Å². The van der Waals surface area contributed by atoms with E-state index in [4.69, 9.17) is 9.47 Å². The van der Waals surface area contributed by atoms with Crippen LogP contribution in [0.1, 0.15) is 35.7 Å². The van der Waals surface area contributed by atoms with Crippen LogP contribution in [0.5, 0.6) is 11.5 Å². The highest BCUT2D eigenvalue weighted by molar-refractivity contribution is 6.03. The van der Waals surface area contributed by atoms with Crippen molar-refractivity contribution in [2.75, 3.05) is 13.7 Å². The summed E-state index contributed by atoms with van der Waals surface area (Å²) >= 11 is 0. The number of carbonyl (C=O) groups excluding carboxylic acids is 1. The molecule has 2 heterocycles. The van der Waals surface area contributed by atoms with Gasteiger partial charge in [-0.25, -0.2) is 0 Å². The van der Waals surface area contributed by atoms with Crippen molar-refractivity contribution in [3.63, 3.8) is 0 Å². The molecule has 0 aliphatic carbocycles. The van der Waals surface area contributed by atoms with E-state index in [1.165, 1.54) is 0 Å². The number of carbonyl (C=O) groups is 1. The molecule has 0 radical (unpaired) electrons. The minimum absolute atomic E-state index is 0.144. The van der Waals surface area contributed by atoms with Crippen molar-refractivity contribution in [3.8, 4) is 11.5 Å². The standard InChI is InChI=1S/C22H24N2O4/c1-3-22(26)11-16-12-23-18-10-20(28-13-15-7-5-4-6-8-15)19(27-2)9-17(18)21(25)24(16)14-22/h4-10,12,16,26H,3,11,13-14H2,1-2H3/t16-,22?/m0/s1. The fourth-order valence-electron chi connectivity index (χ4n) is 3.77. The topological polar surface area (TPSA) is 71.4 Å². The number of hydrogen-bond donors (Lipinski definition) is 1. The summed E-state index contributed by atoms with van der Waals surface area (Å²) < 4.78 is 11.4. The number of aliphatic hydroxyl groups is 1. The van der Waals surface area contributed by atoms with Crippen molar-refractivity contribution in [2.24, 2.45) is 4.99 Å². The van der Waals surface area contributed by atoms with Gasteiger partial charge in [0.1, 0.15) is 6.61 Å². The number of hydrogen-bond acceptors (Lipinski definition) is 5. The fourth-order valence-corrected chi connectivity index (χ4v) is 3.77. The maximum atomic E-state index is 13.1. The highest BCUT2D eigenvalue weighted by Crippen LogP contribution is 2.40. The lowest BCUT2D eigenvalue weighted by atomic mass is 9.98. The molecule has 2 atom stereocenters. The first kappa shape index (κ1) is 18.5. The predicted octanol–water partition coefficient (Wildman–Crippen LogP) is 3.35. The Bertz CT molecular complexity index is 912. The summed E-state index contributed by atoms with van der Waals surface area (Å²) in [6, 6.07) is 13.1. The summed E-state index contributed by atoms with van der Waals surface area (Å²) in [5.74, 6) is 0.888. The largest absolute Gasteiger partial charge is 0.493 e. The molecule has 28 heavy (non-hydrogen) atoms. The number of methoxy groups -OCH3 is 1. The van der Waals surface area contributed by atoms with E-state index in [1.807, 2.05) is 37.3 Å². The van der Waals surface area contributed by atoms with Gasteiger partial charge in [-0.3, -0.25) is 9.79 Å². The second kappa shape index (κ2) is 7.28. The van der Waals surface area contributed by atoms with Gasteiger partial charge in [-0.05, 0) is 18.1 Å². The van der Waals surface area contributed by atoms with Crippen LogP contribution in [0.3, 0.4) is 0 Å². The van der Waals surface area contributed by atoms with Gasteiger partial charge in [0.25, 0.3) is 5.91 Å². The molecular weight excluding hydrogens is 356 g/mol. The molecule has 2 aromatic rings. The minimum Gasteiger partial charge on any atom is -0.493 e. The second-order valence-corrected chi connectivity index (χ2v) is 7.36. The van der Waals surface area contributed by atoms with Gasteiger partial charge in [-0.15, -0.1) is 0 Å². The monoisotopic (exact) mass is 380 g/mol. The summed E-state index contributed by atoms with van der Waals surface area (Å²) in [7, 11) is 1.55. The molecule has 0 spiro atoms. The number of amides is 1. The van der Waals surface area contributed by atoms with Gasteiger partial charge in [-0.2, -0.15) is 0 Å². The molecule has 0 bridgehead atoms. The van der Waals surface area contributed by atoms with E-state index in [9.17, 15) is 9.90 Å². The molecule has 1 N–H and O–H groups in total. The molecule has 0 saturated carbocycles. The van der Waals surface area contributed by atoms with E-state index in [-0.39, 0.29) is 11.9 Å². The van der Waals surface area contributed by atoms with Gasteiger partial charge < -0.3 is 19.5 Å². The van der Waals surface area contributed by atoms with Crippen LogP contribution < -0.4 is 9.47 Å². The van der Waals surface area contributed by atoms with Crippen LogP contribution in [-0.2, 0) is 6.61 Å². The fraction of sp³-hybridized carbons (Fsp3) is 0.364. The van der Waals surface area contributed by atoms with Crippen LogP contribution in [-0.4, -0.2) is 47.4 Å². The molecular formula is C22H24N2O4. The molecule has 2 aliphatic heterocycles. The molecule has 0 aromatic heterocycles. The van der Waals surface area contributed by atoms with Crippen molar-refractivity contribution in [3.05, 3.63) is 53.6 Å². The lowest BCUT2D eigenvalue weighted by Gasteiger charge is -2.22. The summed E-state index contributed by atoms with van der Waals surface area (Å²) in [4.78, 5) is 19.4. The zero-order chi connectivity index (χ0) is 19.7. The molecule has 6 heteroatoms. The zero-order valence-electron chi connectivity index (χ0n) is 16.1. The maximum Gasteiger partial charge on any atom is 0.256 e. The highest BCUT2D eigenvalue weighted by atomic mass is 16.5. The molecule has 1 amide bonds. The van der Waals surface area contributed by atoms with Crippen LogP contribution in [0.4, 0.5) is 5.69 Å². The lowest BCUT2D eigenvalue weighted by Crippen LogP contribution is -2.37. The molecule has 1 unspecified atom stereocenters. The first-order chi connectivity index (χ1) is 13.5. The Kier molecular flexibility index (Phi) is 4.81. The summed E-state index contributed by atoms with van der Waals surface area (Å²) in [6.07, 6.45) is 2.86. The molecule has 1 fully saturated rings. The molecule has 146 valence electrons. The van der Waals surface area contributed by atoms with E-state index < -0.39 is 5.60 Å². The second-order valence-electron chi connectivity index (χ2n) is 7.36. The number of nitrogens with zero attached hydrogens (tertiary/aromatic N) is 2. The Hall–Kier alpha value is -2.86. The van der Waals surface area contributed by atoms with Gasteiger partial charge >= 0.3 is 0 Å². The van der Waals surface area contributed by atoms with Crippen molar-refractivity contribution >= 4 is 17.8 Å². The van der Waals surface area contributed by atoms with E-state index in [1.54, 1.807) is 30.4 Å². The maximum absolute atomic E-state index is 13.1. The Balaban J connectivity index is 1.64. The van der Waals surface area contributed by atoms with Gasteiger partial charge in [0.15, 0.2) is 11.5 Å². The van der Waals surface area contributed by atoms with Crippen LogP contribution in [0, 0.1) is 0 Å². The van der Waals surface area contributed by atoms with Crippen molar-refractivity contribution in [2.45, 2.75) is 38.0 Å². The molecule has 1 saturated heterocycles. The number of rotatable bonds is 5. The highest BCUT2D eigenvalue weighted by Gasteiger charge is 2.44. The number of ether oxygens (including phenoxy) is 2. The molecule has 2 aliphatic rings. The third-order valence-corrected chi connectivity index (χ3v) is 5.51. The first-order valence-electron chi connectivity index (χ1n) is 9.49. The van der Waals surface area contributed by atoms with E-state index in [0.29, 0.717) is 48.7 Å². The van der Waals surface area contributed by atoms with Crippen LogP contribution in [0.15, 0.2) is 47.5 Å². The van der Waals surface area contributed by atoms with Crippen LogP contribution >= 0.6 is 0 Å². The Morgan fingerprint density at radius 2 is 2.04 bits per heavy atom. The smallest absolute Gasteiger partial charge is 0.256 e. The van der Waals surface area contributed by atoms with Gasteiger partial charge in [0.2, 0.25) is 0 Å². The number of benzene rings is 2. The van der Waals surface area contributed by atoms with Crippen molar-refractivity contribution < 1.29 is 19.4 Å². The quantitative estimate of drug-likeness (QED) is 0.864. The number of fused-ring (bicyclic) bond motifs is 2. The van der Waals surface area contributed by atoms with Crippen LogP contribution in [0.25, 0.3) is 0 Å². The zero-order valence-corrected chi connectivity index (χ0v) is 16.1. The van der Waals surface area contributed by atoms with Gasteiger partial charge in [-0.1, -0.05) is 37.3 Å². The SMILES string of the molecule is CCC1(O)C[C@H]2C=Nc3cc(OCc4ccccc4)c(OC)cc3C(=O)N2C1. The Morgan fingerprint density at radius 1 is 1.25 bits per heavy atom. The first-order valence-corrected chi connectivity index (χ1v) is 9.49. The minimum atomic E-state index is -0.854. The lowest BCUT2D eigenvalue weighted by molar-refractivity contribution is 0.0413. The third-order valence-electron chi connectivity index (χ3n) is 5.51. The molecule has 2 aromatic carbocycles. The predicted molar refractivity (Wildman–Crippen MR) is 107 cm³/mol. The van der Waals surface area contributed by atoms with Crippen LogP contribution in [0.2, 0.25) is 0 Å². The summed E-state index contributed by atoms with van der Waals surface area (Å²) in [5, 5.41) is 10.6. The summed E-state index contributed by atoms with van der Waals surface area (Å²) in [5.41, 5.74) is 1.21. The molecule has 6 nitrogen and oxygen atoms in total. The van der Waals surface area contributed by atoms with Gasteiger partial charge in [0.05, 0.1) is 36.5 Å². The Morgan fingerprint density at radius 3 is 2.75 bits per heavy atom. The van der Waals surface area contributed by atoms with E-state index in [0.717, 1.165) is 5.56 Å². The average Bonchev–Trinajstić information content (AvgIpc) is 3.02. The van der Waals surface area contributed by atoms with E-state index >= 15 is 0 Å². The van der Waals surface area contributed by atoms with Gasteiger partial charge in [0, 0.05) is 18.7 Å². The van der Waals surface area contributed by atoms with Crippen molar-refractivity contribution in [1.82, 2.24) is 4.90 Å². The average molecular weight is 380 g/mol. The number of aliphatic imine (C=N–C) groups is 1. The molecule has 4 rings (SSSR count). The normalized spacial score (nSPS) is 23.2.